The molecule has 1 unspecified atom stereocenters. The molecule has 0 aliphatic heterocycles. The van der Waals surface area contributed by atoms with Gasteiger partial charge in [-0.2, -0.15) is 10.2 Å². The predicted molar refractivity (Wildman–Crippen MR) is 121 cm³/mol. The molecule has 4 atom stereocenters. The highest BCUT2D eigenvalue weighted by Crippen LogP contribution is 2.56. The lowest BCUT2D eigenvalue weighted by atomic mass is 9.51. The maximum Gasteiger partial charge on any atom is 0.220 e. The number of Topliss-reactive ketones (excluding diaryl/α,β-unsaturated/α-hetero) is 1. The van der Waals surface area contributed by atoms with Gasteiger partial charge in [0, 0.05) is 22.5 Å². The van der Waals surface area contributed by atoms with Gasteiger partial charge in [0.15, 0.2) is 11.6 Å². The highest BCUT2D eigenvalue weighted by molar-refractivity contribution is 5.87. The van der Waals surface area contributed by atoms with E-state index in [0.29, 0.717) is 18.1 Å². The van der Waals surface area contributed by atoms with Crippen LogP contribution in [0.2, 0.25) is 0 Å². The van der Waals surface area contributed by atoms with Crippen LogP contribution < -0.4 is 4.74 Å². The van der Waals surface area contributed by atoms with Crippen molar-refractivity contribution in [3.63, 3.8) is 0 Å². The first-order valence-corrected chi connectivity index (χ1v) is 11.1. The number of ketones is 1. The van der Waals surface area contributed by atoms with Crippen molar-refractivity contribution in [1.29, 1.82) is 5.26 Å². The van der Waals surface area contributed by atoms with Crippen molar-refractivity contribution in [2.75, 3.05) is 7.11 Å². The van der Waals surface area contributed by atoms with Gasteiger partial charge in [-0.15, -0.1) is 0 Å². The first-order chi connectivity index (χ1) is 15.6. The number of ether oxygens (including phenoxy) is 1. The summed E-state index contributed by atoms with van der Waals surface area (Å²) in [6.07, 6.45) is 2.02. The molecule has 1 aromatic heterocycles. The second kappa shape index (κ2) is 7.87. The van der Waals surface area contributed by atoms with Crippen LogP contribution >= 0.6 is 0 Å². The van der Waals surface area contributed by atoms with Gasteiger partial charge in [0.25, 0.3) is 0 Å². The monoisotopic (exact) mass is 423 g/mol. The van der Waals surface area contributed by atoms with Gasteiger partial charge in [0.05, 0.1) is 18.9 Å². The number of hydrogen-bond acceptors (Lipinski definition) is 5. The number of fused-ring (bicyclic) bond motifs is 3. The minimum Gasteiger partial charge on any atom is -0.481 e. The molecule has 2 aromatic carbocycles. The molecule has 2 aliphatic rings. The van der Waals surface area contributed by atoms with E-state index in [1.54, 1.807) is 7.11 Å². The zero-order valence-corrected chi connectivity index (χ0v) is 18.3. The fourth-order valence-electron chi connectivity index (χ4n) is 5.84. The summed E-state index contributed by atoms with van der Waals surface area (Å²) in [6.45, 7) is 1.98. The number of aromatic nitrogens is 2. The molecule has 0 amide bonds. The Hall–Kier alpha value is -3.52. The molecular weight excluding hydrogens is 398 g/mol. The molecule has 1 fully saturated rings. The molecular formula is C27H25N3O2. The lowest BCUT2D eigenvalue weighted by Gasteiger charge is -2.51. The van der Waals surface area contributed by atoms with E-state index in [1.807, 2.05) is 55.5 Å². The molecule has 0 saturated heterocycles. The number of carbonyl (C=O) groups is 1. The molecule has 5 heteroatoms. The summed E-state index contributed by atoms with van der Waals surface area (Å²) in [5, 5.41) is 9.88. The Bertz CT molecular complexity index is 1200. The van der Waals surface area contributed by atoms with E-state index in [2.05, 4.69) is 18.2 Å². The number of benzene rings is 2. The summed E-state index contributed by atoms with van der Waals surface area (Å²) in [6, 6.07) is 22.4. The fourth-order valence-corrected chi connectivity index (χ4v) is 5.84. The smallest absolute Gasteiger partial charge is 0.220 e. The van der Waals surface area contributed by atoms with Crippen LogP contribution in [0.25, 0.3) is 11.4 Å². The number of nitriles is 1. The summed E-state index contributed by atoms with van der Waals surface area (Å²) in [5.41, 5.74) is 3.37. The number of carbonyl (C=O) groups excluding carboxylic acids is 1. The van der Waals surface area contributed by atoms with Gasteiger partial charge in [0.2, 0.25) is 5.88 Å². The standard InChI is InChI=1S/C27H25N3O2/c1-17-22-14-13-21-24(29-25(30-26(21)32-2)18-9-5-3-6-10-18)27(22,15-19(16-28)23(17)31)20-11-7-4-8-12-20/h3-12,17,19,22H,13-15H2,1-2H3/t17-,19?,22-,27+/m0/s1. The minimum atomic E-state index is -0.659. The topological polar surface area (TPSA) is 75.9 Å². The lowest BCUT2D eigenvalue weighted by Crippen LogP contribution is -2.53. The predicted octanol–water partition coefficient (Wildman–Crippen LogP) is 4.75. The third-order valence-electron chi connectivity index (χ3n) is 7.32. The fraction of sp³-hybridized carbons (Fsp3) is 0.333. The van der Waals surface area contributed by atoms with Crippen molar-refractivity contribution in [2.24, 2.45) is 17.8 Å². The van der Waals surface area contributed by atoms with Crippen LogP contribution in [0.15, 0.2) is 60.7 Å². The van der Waals surface area contributed by atoms with Crippen molar-refractivity contribution in [3.05, 3.63) is 77.5 Å². The molecule has 0 N–H and O–H groups in total. The summed E-state index contributed by atoms with van der Waals surface area (Å²) in [4.78, 5) is 22.9. The first kappa shape index (κ1) is 20.4. The van der Waals surface area contributed by atoms with Crippen LogP contribution in [0.5, 0.6) is 5.88 Å². The first-order valence-electron chi connectivity index (χ1n) is 11.1. The molecule has 0 spiro atoms. The van der Waals surface area contributed by atoms with Gasteiger partial charge in [-0.1, -0.05) is 67.6 Å². The largest absolute Gasteiger partial charge is 0.481 e. The minimum absolute atomic E-state index is 0.0526. The third-order valence-corrected chi connectivity index (χ3v) is 7.32. The Balaban J connectivity index is 1.83. The summed E-state index contributed by atoms with van der Waals surface area (Å²) >= 11 is 0. The molecule has 2 aliphatic carbocycles. The van der Waals surface area contributed by atoms with Gasteiger partial charge in [-0.25, -0.2) is 4.98 Å². The average Bonchev–Trinajstić information content (AvgIpc) is 2.86. The van der Waals surface area contributed by atoms with Gasteiger partial charge >= 0.3 is 0 Å². The summed E-state index contributed by atoms with van der Waals surface area (Å²) in [7, 11) is 1.64. The van der Waals surface area contributed by atoms with Crippen molar-refractivity contribution >= 4 is 5.78 Å². The van der Waals surface area contributed by atoms with E-state index >= 15 is 0 Å². The van der Waals surface area contributed by atoms with E-state index in [-0.39, 0.29) is 17.6 Å². The zero-order valence-electron chi connectivity index (χ0n) is 18.3. The van der Waals surface area contributed by atoms with Gasteiger partial charge < -0.3 is 4.74 Å². The molecule has 0 bridgehead atoms. The summed E-state index contributed by atoms with van der Waals surface area (Å²) < 4.78 is 5.75. The van der Waals surface area contributed by atoms with E-state index in [1.165, 1.54) is 0 Å². The SMILES string of the molecule is COc1nc(-c2ccccc2)nc2c1CC[C@H]1[C@H](C)C(=O)C(C#N)C[C@]21c1ccccc1. The van der Waals surface area contributed by atoms with E-state index in [9.17, 15) is 10.1 Å². The van der Waals surface area contributed by atoms with Crippen LogP contribution in [0.1, 0.15) is 36.6 Å². The zero-order chi connectivity index (χ0) is 22.3. The van der Waals surface area contributed by atoms with E-state index in [4.69, 9.17) is 14.7 Å². The molecule has 0 radical (unpaired) electrons. The van der Waals surface area contributed by atoms with E-state index < -0.39 is 11.3 Å². The molecule has 5 nitrogen and oxygen atoms in total. The number of hydrogen-bond donors (Lipinski definition) is 0. The Morgan fingerprint density at radius 3 is 2.41 bits per heavy atom. The maximum absolute atomic E-state index is 13.0. The van der Waals surface area contributed by atoms with Gasteiger partial charge in [0.1, 0.15) is 5.92 Å². The Morgan fingerprint density at radius 1 is 1.06 bits per heavy atom. The molecule has 1 heterocycles. The van der Waals surface area contributed by atoms with Crippen molar-refractivity contribution in [1.82, 2.24) is 9.97 Å². The van der Waals surface area contributed by atoms with Crippen LogP contribution in [-0.4, -0.2) is 22.9 Å². The number of rotatable bonds is 3. The Labute approximate surface area is 188 Å². The number of nitrogens with zero attached hydrogens (tertiary/aromatic N) is 3. The lowest BCUT2D eigenvalue weighted by molar-refractivity contribution is -0.131. The van der Waals surface area contributed by atoms with Crippen LogP contribution in [0.3, 0.4) is 0 Å². The third kappa shape index (κ3) is 2.94. The highest BCUT2D eigenvalue weighted by atomic mass is 16.5. The van der Waals surface area contributed by atoms with Crippen molar-refractivity contribution in [3.8, 4) is 23.3 Å². The normalized spacial score (nSPS) is 26.5. The van der Waals surface area contributed by atoms with Crippen LogP contribution in [-0.2, 0) is 16.6 Å². The van der Waals surface area contributed by atoms with Crippen LogP contribution in [0.4, 0.5) is 0 Å². The van der Waals surface area contributed by atoms with Crippen molar-refractivity contribution in [2.45, 2.75) is 31.6 Å². The van der Waals surface area contributed by atoms with Gasteiger partial charge in [-0.3, -0.25) is 4.79 Å². The molecule has 160 valence electrons. The molecule has 32 heavy (non-hydrogen) atoms. The van der Waals surface area contributed by atoms with Crippen LogP contribution in [0, 0.1) is 29.1 Å². The van der Waals surface area contributed by atoms with Crippen molar-refractivity contribution < 1.29 is 9.53 Å². The highest BCUT2D eigenvalue weighted by Gasteiger charge is 2.56. The molecule has 1 saturated carbocycles. The molecule has 5 rings (SSSR count). The van der Waals surface area contributed by atoms with Gasteiger partial charge in [-0.05, 0) is 30.7 Å². The van der Waals surface area contributed by atoms with E-state index in [0.717, 1.165) is 35.2 Å². The summed E-state index contributed by atoms with van der Waals surface area (Å²) in [5.74, 6) is 0.432. The maximum atomic E-state index is 13.0. The Morgan fingerprint density at radius 2 is 1.75 bits per heavy atom. The quantitative estimate of drug-likeness (QED) is 0.608. The Kier molecular flexibility index (Phi) is 5.01. The average molecular weight is 424 g/mol. The number of methoxy groups -OCH3 is 1. The second-order valence-corrected chi connectivity index (χ2v) is 8.81. The second-order valence-electron chi connectivity index (χ2n) is 8.81. The molecule has 3 aromatic rings.